The number of aromatic nitrogens is 1. The van der Waals surface area contributed by atoms with E-state index in [1.165, 1.54) is 0 Å². The Morgan fingerprint density at radius 1 is 1.39 bits per heavy atom. The summed E-state index contributed by atoms with van der Waals surface area (Å²) in [7, 11) is 0. The van der Waals surface area contributed by atoms with E-state index in [4.69, 9.17) is 5.26 Å². The number of hydrogen-bond donors (Lipinski definition) is 1. The van der Waals surface area contributed by atoms with E-state index in [0.717, 1.165) is 21.4 Å². The molecule has 0 atom stereocenters. The van der Waals surface area contributed by atoms with Gasteiger partial charge in [-0.25, -0.2) is 0 Å². The number of aryl methyl sites for hydroxylation is 1. The lowest BCUT2D eigenvalue weighted by molar-refractivity contribution is 1.02. The molecule has 4 heteroatoms. The molecular formula is C14H12BrN3. The minimum absolute atomic E-state index is 0.609. The van der Waals surface area contributed by atoms with Crippen molar-refractivity contribution in [2.75, 3.05) is 5.32 Å². The highest BCUT2D eigenvalue weighted by molar-refractivity contribution is 9.10. The Morgan fingerprint density at radius 3 is 2.94 bits per heavy atom. The standard InChI is InChI=1S/C14H12BrN3/c1-10-3-2-6-17-14(10)9-18-13-7-12(15)5-4-11(13)8-16/h2-7,18H,9H2,1H3. The van der Waals surface area contributed by atoms with Gasteiger partial charge in [-0.3, -0.25) is 4.98 Å². The largest absolute Gasteiger partial charge is 0.378 e. The molecule has 0 saturated carbocycles. The van der Waals surface area contributed by atoms with Crippen LogP contribution in [0.25, 0.3) is 0 Å². The van der Waals surface area contributed by atoms with E-state index in [1.807, 2.05) is 31.2 Å². The van der Waals surface area contributed by atoms with E-state index in [0.29, 0.717) is 12.1 Å². The Kier molecular flexibility index (Phi) is 3.96. The highest BCUT2D eigenvalue weighted by Gasteiger charge is 2.04. The van der Waals surface area contributed by atoms with Crippen LogP contribution in [-0.4, -0.2) is 4.98 Å². The van der Waals surface area contributed by atoms with Crippen LogP contribution in [0.3, 0.4) is 0 Å². The van der Waals surface area contributed by atoms with E-state index < -0.39 is 0 Å². The lowest BCUT2D eigenvalue weighted by Crippen LogP contribution is -2.04. The molecule has 2 aromatic rings. The fourth-order valence-electron chi connectivity index (χ4n) is 1.64. The molecule has 18 heavy (non-hydrogen) atoms. The van der Waals surface area contributed by atoms with Gasteiger partial charge in [0.05, 0.1) is 23.5 Å². The topological polar surface area (TPSA) is 48.7 Å². The zero-order chi connectivity index (χ0) is 13.0. The monoisotopic (exact) mass is 301 g/mol. The Hall–Kier alpha value is -1.86. The van der Waals surface area contributed by atoms with Crippen molar-refractivity contribution in [2.24, 2.45) is 0 Å². The van der Waals surface area contributed by atoms with Crippen LogP contribution in [0.4, 0.5) is 5.69 Å². The molecule has 0 fully saturated rings. The smallest absolute Gasteiger partial charge is 0.101 e. The van der Waals surface area contributed by atoms with Crippen molar-refractivity contribution in [3.63, 3.8) is 0 Å². The minimum Gasteiger partial charge on any atom is -0.378 e. The van der Waals surface area contributed by atoms with Gasteiger partial charge in [-0.2, -0.15) is 5.26 Å². The Balaban J connectivity index is 2.18. The van der Waals surface area contributed by atoms with Crippen LogP contribution in [0.2, 0.25) is 0 Å². The number of nitrogens with zero attached hydrogens (tertiary/aromatic N) is 2. The number of anilines is 1. The van der Waals surface area contributed by atoms with Crippen LogP contribution >= 0.6 is 15.9 Å². The van der Waals surface area contributed by atoms with Crippen molar-refractivity contribution in [1.29, 1.82) is 5.26 Å². The molecule has 2 rings (SSSR count). The summed E-state index contributed by atoms with van der Waals surface area (Å²) in [6, 6.07) is 11.7. The molecule has 0 unspecified atom stereocenters. The van der Waals surface area contributed by atoms with Crippen LogP contribution in [0.5, 0.6) is 0 Å². The van der Waals surface area contributed by atoms with Crippen LogP contribution in [0.15, 0.2) is 41.0 Å². The Morgan fingerprint density at radius 2 is 2.22 bits per heavy atom. The second kappa shape index (κ2) is 5.65. The summed E-state index contributed by atoms with van der Waals surface area (Å²) in [4.78, 5) is 4.31. The summed E-state index contributed by atoms with van der Waals surface area (Å²) in [5.41, 5.74) is 3.57. The SMILES string of the molecule is Cc1cccnc1CNc1cc(Br)ccc1C#N. The van der Waals surface area contributed by atoms with Gasteiger partial charge in [-0.15, -0.1) is 0 Å². The third kappa shape index (κ3) is 2.88. The summed E-state index contributed by atoms with van der Waals surface area (Å²) >= 11 is 3.40. The van der Waals surface area contributed by atoms with Crippen molar-refractivity contribution in [3.8, 4) is 6.07 Å². The molecule has 0 aliphatic heterocycles. The van der Waals surface area contributed by atoms with Crippen molar-refractivity contribution in [2.45, 2.75) is 13.5 Å². The Labute approximate surface area is 115 Å². The van der Waals surface area contributed by atoms with E-state index >= 15 is 0 Å². The molecule has 0 radical (unpaired) electrons. The van der Waals surface area contributed by atoms with Gasteiger partial charge >= 0.3 is 0 Å². The molecular weight excluding hydrogens is 290 g/mol. The van der Waals surface area contributed by atoms with Crippen LogP contribution in [0.1, 0.15) is 16.8 Å². The summed E-state index contributed by atoms with van der Waals surface area (Å²) in [5, 5.41) is 12.3. The summed E-state index contributed by atoms with van der Waals surface area (Å²) in [6.07, 6.45) is 1.77. The third-order valence-electron chi connectivity index (χ3n) is 2.67. The zero-order valence-corrected chi connectivity index (χ0v) is 11.5. The van der Waals surface area contributed by atoms with Gasteiger partial charge in [0.25, 0.3) is 0 Å². The van der Waals surface area contributed by atoms with Gasteiger partial charge < -0.3 is 5.32 Å². The molecule has 0 aliphatic carbocycles. The second-order valence-corrected chi connectivity index (χ2v) is 4.84. The van der Waals surface area contributed by atoms with E-state index in [9.17, 15) is 0 Å². The first kappa shape index (κ1) is 12.6. The fourth-order valence-corrected chi connectivity index (χ4v) is 2.00. The maximum atomic E-state index is 9.04. The summed E-state index contributed by atoms with van der Waals surface area (Å²) < 4.78 is 0.946. The predicted molar refractivity (Wildman–Crippen MR) is 75.2 cm³/mol. The molecule has 3 nitrogen and oxygen atoms in total. The number of nitriles is 1. The van der Waals surface area contributed by atoms with Crippen molar-refractivity contribution < 1.29 is 0 Å². The van der Waals surface area contributed by atoms with Gasteiger partial charge in [0, 0.05) is 10.7 Å². The number of benzene rings is 1. The van der Waals surface area contributed by atoms with Crippen molar-refractivity contribution in [1.82, 2.24) is 4.98 Å². The van der Waals surface area contributed by atoms with Gasteiger partial charge in [0.1, 0.15) is 6.07 Å². The molecule has 0 bridgehead atoms. The number of rotatable bonds is 3. The maximum Gasteiger partial charge on any atom is 0.101 e. The molecule has 1 heterocycles. The molecule has 1 aromatic heterocycles. The number of halogens is 1. The first-order chi connectivity index (χ1) is 8.70. The first-order valence-corrected chi connectivity index (χ1v) is 6.34. The average Bonchev–Trinajstić information content (AvgIpc) is 2.38. The van der Waals surface area contributed by atoms with E-state index in [2.05, 4.69) is 32.3 Å². The molecule has 0 saturated heterocycles. The molecule has 1 N–H and O–H groups in total. The lowest BCUT2D eigenvalue weighted by Gasteiger charge is -2.09. The molecule has 0 spiro atoms. The number of hydrogen-bond acceptors (Lipinski definition) is 3. The Bertz CT molecular complexity index is 602. The minimum atomic E-state index is 0.609. The molecule has 0 amide bonds. The van der Waals surface area contributed by atoms with E-state index in [-0.39, 0.29) is 0 Å². The quantitative estimate of drug-likeness (QED) is 0.941. The van der Waals surface area contributed by atoms with Crippen LogP contribution in [-0.2, 0) is 6.54 Å². The van der Waals surface area contributed by atoms with Crippen LogP contribution in [0, 0.1) is 18.3 Å². The highest BCUT2D eigenvalue weighted by atomic mass is 79.9. The van der Waals surface area contributed by atoms with Crippen molar-refractivity contribution >= 4 is 21.6 Å². The highest BCUT2D eigenvalue weighted by Crippen LogP contribution is 2.21. The summed E-state index contributed by atoms with van der Waals surface area (Å²) in [6.45, 7) is 2.63. The third-order valence-corrected chi connectivity index (χ3v) is 3.16. The van der Waals surface area contributed by atoms with Gasteiger partial charge in [-0.05, 0) is 36.8 Å². The molecule has 90 valence electrons. The molecule has 1 aromatic carbocycles. The predicted octanol–water partition coefficient (Wildman–Crippen LogP) is 3.64. The maximum absolute atomic E-state index is 9.04. The lowest BCUT2D eigenvalue weighted by atomic mass is 10.2. The van der Waals surface area contributed by atoms with Gasteiger partial charge in [-0.1, -0.05) is 22.0 Å². The summed E-state index contributed by atoms with van der Waals surface area (Å²) in [5.74, 6) is 0. The zero-order valence-electron chi connectivity index (χ0n) is 9.94. The van der Waals surface area contributed by atoms with Crippen molar-refractivity contribution in [3.05, 3.63) is 57.8 Å². The first-order valence-electron chi connectivity index (χ1n) is 5.54. The van der Waals surface area contributed by atoms with Crippen LogP contribution < -0.4 is 5.32 Å². The van der Waals surface area contributed by atoms with Gasteiger partial charge in [0.15, 0.2) is 0 Å². The number of pyridine rings is 1. The second-order valence-electron chi connectivity index (χ2n) is 3.92. The average molecular weight is 302 g/mol. The molecule has 0 aliphatic rings. The van der Waals surface area contributed by atoms with E-state index in [1.54, 1.807) is 12.3 Å². The van der Waals surface area contributed by atoms with Gasteiger partial charge in [0.2, 0.25) is 0 Å². The normalized spacial score (nSPS) is 9.83. The fraction of sp³-hybridized carbons (Fsp3) is 0.143. The number of nitrogens with one attached hydrogen (secondary N) is 1.